The zero-order valence-electron chi connectivity index (χ0n) is 14.3. The van der Waals surface area contributed by atoms with Crippen molar-refractivity contribution in [2.75, 3.05) is 13.7 Å². The summed E-state index contributed by atoms with van der Waals surface area (Å²) in [6.45, 7) is 2.34. The SMILES string of the molecule is COc1ccccc1OC(=O)[C@H]1CC(=O)N([C@H](C)c2ccccc2)C1. The Labute approximate surface area is 147 Å². The lowest BCUT2D eigenvalue weighted by molar-refractivity contribution is -0.139. The number of nitrogens with zero attached hydrogens (tertiary/aromatic N) is 1. The van der Waals surface area contributed by atoms with Gasteiger partial charge in [0.1, 0.15) is 0 Å². The number of carbonyl (C=O) groups excluding carboxylic acids is 2. The number of carbonyl (C=O) groups is 2. The molecule has 0 saturated carbocycles. The van der Waals surface area contributed by atoms with Crippen molar-refractivity contribution in [2.45, 2.75) is 19.4 Å². The number of ether oxygens (including phenoxy) is 2. The Bertz CT molecular complexity index is 759. The van der Waals surface area contributed by atoms with Crippen LogP contribution in [0.5, 0.6) is 11.5 Å². The van der Waals surface area contributed by atoms with Crippen LogP contribution in [0.25, 0.3) is 0 Å². The first kappa shape index (κ1) is 17.0. The quantitative estimate of drug-likeness (QED) is 0.620. The lowest BCUT2D eigenvalue weighted by Gasteiger charge is -2.25. The van der Waals surface area contributed by atoms with Gasteiger partial charge >= 0.3 is 5.97 Å². The molecule has 1 fully saturated rings. The van der Waals surface area contributed by atoms with Crippen LogP contribution in [0.3, 0.4) is 0 Å². The predicted molar refractivity (Wildman–Crippen MR) is 93.3 cm³/mol. The fourth-order valence-corrected chi connectivity index (χ4v) is 3.07. The molecule has 0 radical (unpaired) electrons. The van der Waals surface area contributed by atoms with Crippen LogP contribution in [-0.4, -0.2) is 30.4 Å². The van der Waals surface area contributed by atoms with Gasteiger partial charge in [-0.05, 0) is 24.6 Å². The van der Waals surface area contributed by atoms with Crippen LogP contribution in [0.2, 0.25) is 0 Å². The van der Waals surface area contributed by atoms with E-state index in [1.54, 1.807) is 29.2 Å². The molecule has 130 valence electrons. The Morgan fingerprint density at radius 2 is 1.72 bits per heavy atom. The molecule has 5 nitrogen and oxygen atoms in total. The lowest BCUT2D eigenvalue weighted by Crippen LogP contribution is -2.30. The standard InChI is InChI=1S/C20H21NO4/c1-14(15-8-4-3-5-9-15)21-13-16(12-19(21)22)20(23)25-18-11-7-6-10-17(18)24-2/h3-11,14,16H,12-13H2,1-2H3/t14-,16+/m1/s1. The van der Waals surface area contributed by atoms with E-state index in [0.717, 1.165) is 5.56 Å². The number of benzene rings is 2. The number of para-hydroxylation sites is 2. The molecule has 1 heterocycles. The Hall–Kier alpha value is -2.82. The van der Waals surface area contributed by atoms with Gasteiger partial charge in [0.15, 0.2) is 11.5 Å². The number of rotatable bonds is 5. The summed E-state index contributed by atoms with van der Waals surface area (Å²) in [6, 6.07) is 16.7. The highest BCUT2D eigenvalue weighted by atomic mass is 16.6. The largest absolute Gasteiger partial charge is 0.493 e. The van der Waals surface area contributed by atoms with Gasteiger partial charge in [-0.15, -0.1) is 0 Å². The minimum Gasteiger partial charge on any atom is -0.493 e. The van der Waals surface area contributed by atoms with Crippen molar-refractivity contribution in [3.63, 3.8) is 0 Å². The number of methoxy groups -OCH3 is 1. The average molecular weight is 339 g/mol. The first-order valence-corrected chi connectivity index (χ1v) is 8.29. The third-order valence-corrected chi connectivity index (χ3v) is 4.52. The minimum atomic E-state index is -0.469. The molecule has 0 unspecified atom stereocenters. The van der Waals surface area contributed by atoms with E-state index < -0.39 is 11.9 Å². The normalized spacial score (nSPS) is 18.1. The van der Waals surface area contributed by atoms with Crippen LogP contribution in [0.1, 0.15) is 24.9 Å². The number of amides is 1. The van der Waals surface area contributed by atoms with Crippen LogP contribution < -0.4 is 9.47 Å². The molecule has 2 aromatic rings. The summed E-state index contributed by atoms with van der Waals surface area (Å²) in [5, 5.41) is 0. The molecule has 0 bridgehead atoms. The summed E-state index contributed by atoms with van der Waals surface area (Å²) in [4.78, 5) is 26.6. The summed E-state index contributed by atoms with van der Waals surface area (Å²) in [5.74, 6) is -0.0331. The molecule has 2 atom stereocenters. The summed E-state index contributed by atoms with van der Waals surface area (Å²) in [5.41, 5.74) is 1.05. The highest BCUT2D eigenvalue weighted by molar-refractivity contribution is 5.88. The van der Waals surface area contributed by atoms with Gasteiger partial charge in [0, 0.05) is 13.0 Å². The Morgan fingerprint density at radius 1 is 1.08 bits per heavy atom. The average Bonchev–Trinajstić information content (AvgIpc) is 3.04. The maximum Gasteiger partial charge on any atom is 0.316 e. The second kappa shape index (κ2) is 7.38. The lowest BCUT2D eigenvalue weighted by atomic mass is 10.1. The van der Waals surface area contributed by atoms with E-state index >= 15 is 0 Å². The molecule has 1 aliphatic heterocycles. The molecule has 0 spiro atoms. The van der Waals surface area contributed by atoms with E-state index in [2.05, 4.69) is 0 Å². The van der Waals surface area contributed by atoms with Gasteiger partial charge in [0.2, 0.25) is 5.91 Å². The van der Waals surface area contributed by atoms with Gasteiger partial charge in [-0.25, -0.2) is 0 Å². The molecule has 25 heavy (non-hydrogen) atoms. The third kappa shape index (κ3) is 3.65. The van der Waals surface area contributed by atoms with Crippen LogP contribution in [0.4, 0.5) is 0 Å². The maximum absolute atomic E-state index is 12.5. The second-order valence-corrected chi connectivity index (χ2v) is 6.11. The molecular weight excluding hydrogens is 318 g/mol. The van der Waals surface area contributed by atoms with Crippen LogP contribution >= 0.6 is 0 Å². The Morgan fingerprint density at radius 3 is 2.40 bits per heavy atom. The van der Waals surface area contributed by atoms with Gasteiger partial charge in [0.25, 0.3) is 0 Å². The summed E-state index contributed by atoms with van der Waals surface area (Å²) >= 11 is 0. The van der Waals surface area contributed by atoms with Crippen molar-refractivity contribution in [3.8, 4) is 11.5 Å². The van der Waals surface area contributed by atoms with Crippen LogP contribution in [0, 0.1) is 5.92 Å². The number of hydrogen-bond donors (Lipinski definition) is 0. The molecule has 3 rings (SSSR count). The third-order valence-electron chi connectivity index (χ3n) is 4.52. The zero-order chi connectivity index (χ0) is 17.8. The zero-order valence-corrected chi connectivity index (χ0v) is 14.3. The van der Waals surface area contributed by atoms with Gasteiger partial charge < -0.3 is 14.4 Å². The summed E-state index contributed by atoms with van der Waals surface area (Å²) in [6.07, 6.45) is 0.172. The topological polar surface area (TPSA) is 55.8 Å². The number of esters is 1. The fraction of sp³-hybridized carbons (Fsp3) is 0.300. The molecule has 0 aromatic heterocycles. The second-order valence-electron chi connectivity index (χ2n) is 6.11. The smallest absolute Gasteiger partial charge is 0.316 e. The van der Waals surface area contributed by atoms with E-state index in [9.17, 15) is 9.59 Å². The van der Waals surface area contributed by atoms with Gasteiger partial charge in [-0.2, -0.15) is 0 Å². The summed E-state index contributed by atoms with van der Waals surface area (Å²) in [7, 11) is 1.52. The Balaban J connectivity index is 1.68. The van der Waals surface area contributed by atoms with Crippen molar-refractivity contribution in [1.82, 2.24) is 4.90 Å². The molecule has 1 aliphatic rings. The van der Waals surface area contributed by atoms with E-state index in [1.807, 2.05) is 37.3 Å². The van der Waals surface area contributed by atoms with Gasteiger partial charge in [0.05, 0.1) is 19.1 Å². The van der Waals surface area contributed by atoms with Crippen molar-refractivity contribution < 1.29 is 19.1 Å². The fourth-order valence-electron chi connectivity index (χ4n) is 3.07. The molecule has 5 heteroatoms. The van der Waals surface area contributed by atoms with Gasteiger partial charge in [-0.1, -0.05) is 42.5 Å². The van der Waals surface area contributed by atoms with Crippen molar-refractivity contribution >= 4 is 11.9 Å². The predicted octanol–water partition coefficient (Wildman–Crippen LogP) is 3.21. The number of hydrogen-bond acceptors (Lipinski definition) is 4. The minimum absolute atomic E-state index is 0.0293. The monoisotopic (exact) mass is 339 g/mol. The molecule has 0 aliphatic carbocycles. The highest BCUT2D eigenvalue weighted by Crippen LogP contribution is 2.31. The van der Waals surface area contributed by atoms with Crippen LogP contribution in [-0.2, 0) is 9.59 Å². The van der Waals surface area contributed by atoms with E-state index in [0.29, 0.717) is 18.0 Å². The summed E-state index contributed by atoms with van der Waals surface area (Å²) < 4.78 is 10.7. The van der Waals surface area contributed by atoms with Crippen LogP contribution in [0.15, 0.2) is 54.6 Å². The molecule has 1 amide bonds. The van der Waals surface area contributed by atoms with E-state index in [-0.39, 0.29) is 18.4 Å². The first-order valence-electron chi connectivity index (χ1n) is 8.29. The van der Waals surface area contributed by atoms with Crippen molar-refractivity contribution in [3.05, 3.63) is 60.2 Å². The van der Waals surface area contributed by atoms with Gasteiger partial charge in [-0.3, -0.25) is 9.59 Å². The first-order chi connectivity index (χ1) is 12.1. The van der Waals surface area contributed by atoms with E-state index in [1.165, 1.54) is 7.11 Å². The van der Waals surface area contributed by atoms with E-state index in [4.69, 9.17) is 9.47 Å². The Kier molecular flexibility index (Phi) is 5.03. The molecule has 1 saturated heterocycles. The van der Waals surface area contributed by atoms with Crippen molar-refractivity contribution in [2.24, 2.45) is 5.92 Å². The molecule has 2 aromatic carbocycles. The highest BCUT2D eigenvalue weighted by Gasteiger charge is 2.38. The number of likely N-dealkylation sites (tertiary alicyclic amines) is 1. The maximum atomic E-state index is 12.5. The van der Waals surface area contributed by atoms with Crippen molar-refractivity contribution in [1.29, 1.82) is 0 Å². The molecule has 0 N–H and O–H groups in total. The molecular formula is C20H21NO4.